The van der Waals surface area contributed by atoms with E-state index in [1.165, 1.54) is 0 Å². The van der Waals surface area contributed by atoms with Gasteiger partial charge in [-0.25, -0.2) is 4.98 Å². The van der Waals surface area contributed by atoms with E-state index >= 15 is 0 Å². The van der Waals surface area contributed by atoms with E-state index in [1.54, 1.807) is 48.7 Å². The van der Waals surface area contributed by atoms with Gasteiger partial charge in [0.15, 0.2) is 5.76 Å². The van der Waals surface area contributed by atoms with E-state index in [0.29, 0.717) is 33.8 Å². The minimum Gasteiger partial charge on any atom is -0.463 e. The van der Waals surface area contributed by atoms with Gasteiger partial charge in [-0.3, -0.25) is 9.59 Å². The van der Waals surface area contributed by atoms with Gasteiger partial charge in [0.25, 0.3) is 5.91 Å². The Morgan fingerprint density at radius 3 is 2.44 bits per heavy atom. The predicted molar refractivity (Wildman–Crippen MR) is 102 cm³/mol. The molecule has 6 nitrogen and oxygen atoms in total. The third-order valence-electron chi connectivity index (χ3n) is 4.16. The number of para-hydroxylation sites is 1. The summed E-state index contributed by atoms with van der Waals surface area (Å²) in [4.78, 5) is 28.7. The van der Waals surface area contributed by atoms with Crippen LogP contribution in [0.2, 0.25) is 0 Å². The van der Waals surface area contributed by atoms with Crippen LogP contribution in [0.5, 0.6) is 0 Å². The normalized spacial score (nSPS) is 10.7. The monoisotopic (exact) mass is 357 g/mol. The molecule has 2 aromatic heterocycles. The van der Waals surface area contributed by atoms with Crippen molar-refractivity contribution in [3.05, 3.63) is 84.1 Å². The molecule has 2 aromatic carbocycles. The fraction of sp³-hybridized carbons (Fsp3) is 0. The number of amides is 2. The first kappa shape index (κ1) is 16.5. The molecule has 4 aromatic rings. The Bertz CT molecular complexity index is 1130. The number of fused-ring (bicyclic) bond motifs is 1. The average molecular weight is 357 g/mol. The highest BCUT2D eigenvalue weighted by Gasteiger charge is 2.15. The smallest absolute Gasteiger partial charge is 0.256 e. The second-order valence-electron chi connectivity index (χ2n) is 5.95. The van der Waals surface area contributed by atoms with E-state index in [0.717, 1.165) is 5.39 Å². The maximum Gasteiger partial charge on any atom is 0.256 e. The number of aromatic nitrogens is 1. The molecule has 0 bridgehead atoms. The molecule has 0 aliphatic carbocycles. The topological polar surface area (TPSA) is 98.2 Å². The van der Waals surface area contributed by atoms with Gasteiger partial charge in [-0.1, -0.05) is 18.2 Å². The quantitative estimate of drug-likeness (QED) is 0.579. The first-order chi connectivity index (χ1) is 13.1. The number of nitrogens with two attached hydrogens (primary N) is 1. The Morgan fingerprint density at radius 2 is 1.74 bits per heavy atom. The van der Waals surface area contributed by atoms with E-state index < -0.39 is 5.91 Å². The van der Waals surface area contributed by atoms with Gasteiger partial charge in [0.1, 0.15) is 5.69 Å². The standard InChI is InChI=1S/C21H15N3O3/c22-20(25)13-7-9-14(10-8-13)23-21(26)16-12-18(19-6-3-11-27-19)24-17-5-2-1-4-15(16)17/h1-12H,(H2,22,25)(H,23,26). The summed E-state index contributed by atoms with van der Waals surface area (Å²) < 4.78 is 5.42. The summed E-state index contributed by atoms with van der Waals surface area (Å²) in [6.07, 6.45) is 1.56. The molecule has 0 radical (unpaired) electrons. The van der Waals surface area contributed by atoms with E-state index in [-0.39, 0.29) is 5.91 Å². The van der Waals surface area contributed by atoms with Crippen molar-refractivity contribution in [2.45, 2.75) is 0 Å². The highest BCUT2D eigenvalue weighted by atomic mass is 16.3. The van der Waals surface area contributed by atoms with Gasteiger partial charge in [-0.05, 0) is 48.5 Å². The van der Waals surface area contributed by atoms with Crippen molar-refractivity contribution in [1.82, 2.24) is 4.98 Å². The number of hydrogen-bond acceptors (Lipinski definition) is 4. The summed E-state index contributed by atoms with van der Waals surface area (Å²) in [7, 11) is 0. The summed E-state index contributed by atoms with van der Waals surface area (Å²) in [6.45, 7) is 0. The van der Waals surface area contributed by atoms with Gasteiger partial charge in [0, 0.05) is 16.6 Å². The van der Waals surface area contributed by atoms with Crippen molar-refractivity contribution in [2.75, 3.05) is 5.32 Å². The molecule has 0 aliphatic heterocycles. The number of anilines is 1. The zero-order valence-corrected chi connectivity index (χ0v) is 14.2. The zero-order valence-electron chi connectivity index (χ0n) is 14.2. The highest BCUT2D eigenvalue weighted by Crippen LogP contribution is 2.26. The van der Waals surface area contributed by atoms with Crippen LogP contribution >= 0.6 is 0 Å². The van der Waals surface area contributed by atoms with Crippen molar-refractivity contribution in [1.29, 1.82) is 0 Å². The van der Waals surface area contributed by atoms with Crippen LogP contribution < -0.4 is 11.1 Å². The number of carbonyl (C=O) groups excluding carboxylic acids is 2. The minimum atomic E-state index is -0.518. The third kappa shape index (κ3) is 3.28. The number of primary amides is 1. The molecule has 0 saturated carbocycles. The van der Waals surface area contributed by atoms with Crippen LogP contribution in [0.3, 0.4) is 0 Å². The van der Waals surface area contributed by atoms with Crippen LogP contribution in [-0.2, 0) is 0 Å². The van der Waals surface area contributed by atoms with E-state index in [4.69, 9.17) is 10.2 Å². The Kier molecular flexibility index (Phi) is 4.14. The summed E-state index contributed by atoms with van der Waals surface area (Å²) >= 11 is 0. The number of carbonyl (C=O) groups is 2. The van der Waals surface area contributed by atoms with Gasteiger partial charge in [0.2, 0.25) is 5.91 Å². The van der Waals surface area contributed by atoms with Gasteiger partial charge in [-0.2, -0.15) is 0 Å². The SMILES string of the molecule is NC(=O)c1ccc(NC(=O)c2cc(-c3ccco3)nc3ccccc23)cc1. The van der Waals surface area contributed by atoms with E-state index in [1.807, 2.05) is 24.3 Å². The Balaban J connectivity index is 1.73. The number of furan rings is 1. The summed E-state index contributed by atoms with van der Waals surface area (Å²) in [6, 6.07) is 19.1. The molecule has 0 atom stereocenters. The van der Waals surface area contributed by atoms with Crippen molar-refractivity contribution >= 4 is 28.4 Å². The Hall–Kier alpha value is -3.93. The molecule has 0 fully saturated rings. The molecule has 0 spiro atoms. The largest absolute Gasteiger partial charge is 0.463 e. The lowest BCUT2D eigenvalue weighted by atomic mass is 10.1. The second kappa shape index (κ2) is 6.76. The van der Waals surface area contributed by atoms with Crippen LogP contribution in [0.1, 0.15) is 20.7 Å². The summed E-state index contributed by atoms with van der Waals surface area (Å²) in [5.41, 5.74) is 7.93. The van der Waals surface area contributed by atoms with Crippen molar-refractivity contribution in [2.24, 2.45) is 5.73 Å². The van der Waals surface area contributed by atoms with Gasteiger partial charge in [-0.15, -0.1) is 0 Å². The molecule has 0 aliphatic rings. The van der Waals surface area contributed by atoms with Crippen LogP contribution in [0, 0.1) is 0 Å². The maximum atomic E-state index is 12.9. The lowest BCUT2D eigenvalue weighted by molar-refractivity contribution is 0.0998. The molecule has 0 saturated heterocycles. The van der Waals surface area contributed by atoms with Gasteiger partial charge >= 0.3 is 0 Å². The number of nitrogens with zero attached hydrogens (tertiary/aromatic N) is 1. The maximum absolute atomic E-state index is 12.9. The lowest BCUT2D eigenvalue weighted by Gasteiger charge is -2.10. The van der Waals surface area contributed by atoms with Crippen molar-refractivity contribution in [3.8, 4) is 11.5 Å². The number of hydrogen-bond donors (Lipinski definition) is 2. The summed E-state index contributed by atoms with van der Waals surface area (Å²) in [5.74, 6) is -0.218. The molecule has 0 unspecified atom stereocenters. The van der Waals surface area contributed by atoms with E-state index in [2.05, 4.69) is 10.3 Å². The molecule has 132 valence electrons. The van der Waals surface area contributed by atoms with Crippen molar-refractivity contribution in [3.63, 3.8) is 0 Å². The molecule has 2 heterocycles. The number of pyridine rings is 1. The number of benzene rings is 2. The Morgan fingerprint density at radius 1 is 0.963 bits per heavy atom. The predicted octanol–water partition coefficient (Wildman–Crippen LogP) is 3.85. The first-order valence-corrected chi connectivity index (χ1v) is 8.27. The zero-order chi connectivity index (χ0) is 18.8. The Labute approximate surface area is 154 Å². The molecule has 4 rings (SSSR count). The molecule has 27 heavy (non-hydrogen) atoms. The molecular formula is C21H15N3O3. The fourth-order valence-electron chi connectivity index (χ4n) is 2.83. The van der Waals surface area contributed by atoms with Gasteiger partial charge in [0.05, 0.1) is 17.3 Å². The lowest BCUT2D eigenvalue weighted by Crippen LogP contribution is -2.14. The van der Waals surface area contributed by atoms with Crippen LogP contribution in [0.4, 0.5) is 5.69 Å². The van der Waals surface area contributed by atoms with Crippen LogP contribution in [0.15, 0.2) is 77.4 Å². The minimum absolute atomic E-state index is 0.284. The molecular weight excluding hydrogens is 342 g/mol. The first-order valence-electron chi connectivity index (χ1n) is 8.27. The van der Waals surface area contributed by atoms with Crippen LogP contribution in [0.25, 0.3) is 22.4 Å². The number of rotatable bonds is 4. The van der Waals surface area contributed by atoms with Gasteiger partial charge < -0.3 is 15.5 Å². The fourth-order valence-corrected chi connectivity index (χ4v) is 2.83. The molecule has 2 amide bonds. The molecule has 3 N–H and O–H groups in total. The average Bonchev–Trinajstić information content (AvgIpc) is 3.22. The van der Waals surface area contributed by atoms with Crippen molar-refractivity contribution < 1.29 is 14.0 Å². The third-order valence-corrected chi connectivity index (χ3v) is 4.16. The summed E-state index contributed by atoms with van der Waals surface area (Å²) in [5, 5.41) is 3.57. The van der Waals surface area contributed by atoms with Crippen LogP contribution in [-0.4, -0.2) is 16.8 Å². The highest BCUT2D eigenvalue weighted by molar-refractivity contribution is 6.13. The van der Waals surface area contributed by atoms with E-state index in [9.17, 15) is 9.59 Å². The second-order valence-corrected chi connectivity index (χ2v) is 5.95. The molecule has 6 heteroatoms. The number of nitrogens with one attached hydrogen (secondary N) is 1.